The molecule has 1 saturated carbocycles. The summed E-state index contributed by atoms with van der Waals surface area (Å²) in [5.41, 5.74) is 5.60. The third kappa shape index (κ3) is 3.92. The summed E-state index contributed by atoms with van der Waals surface area (Å²) in [6.07, 6.45) is 11.1. The molecular weight excluding hydrogens is 415 g/mol. The maximum atomic E-state index is 13.6. The monoisotopic (exact) mass is 442 g/mol. The van der Waals surface area contributed by atoms with Crippen LogP contribution in [0.3, 0.4) is 0 Å². The standard InChI is InChI=1S/C26H27FN6/c27-19-9-7-18(8-10-19)25-24(22-11-13-28-26(30-22)29-20-5-1-2-6-20)23-17-21(12-16-33(23)31-25)32-14-3-4-15-32/h7-13,16-17,20H,1-6,14-15H2,(H,28,29,30). The average Bonchev–Trinajstić information content (AvgIpc) is 3.60. The van der Waals surface area contributed by atoms with Crippen LogP contribution in [0.2, 0.25) is 0 Å². The van der Waals surface area contributed by atoms with E-state index in [1.165, 1.54) is 43.5 Å². The summed E-state index contributed by atoms with van der Waals surface area (Å²) in [6, 6.07) is 13.2. The summed E-state index contributed by atoms with van der Waals surface area (Å²) in [7, 11) is 0. The molecule has 6 nitrogen and oxygen atoms in total. The largest absolute Gasteiger partial charge is 0.371 e. The van der Waals surface area contributed by atoms with Gasteiger partial charge in [-0.3, -0.25) is 0 Å². The van der Waals surface area contributed by atoms with Gasteiger partial charge in [0, 0.05) is 42.8 Å². The average molecular weight is 443 g/mol. The van der Waals surface area contributed by atoms with E-state index in [2.05, 4.69) is 27.3 Å². The first-order valence-electron chi connectivity index (χ1n) is 11.9. The summed E-state index contributed by atoms with van der Waals surface area (Å²) >= 11 is 0. The van der Waals surface area contributed by atoms with Crippen molar-refractivity contribution in [2.75, 3.05) is 23.3 Å². The predicted molar refractivity (Wildman–Crippen MR) is 129 cm³/mol. The van der Waals surface area contributed by atoms with Gasteiger partial charge in [-0.1, -0.05) is 12.8 Å². The summed E-state index contributed by atoms with van der Waals surface area (Å²) in [6.45, 7) is 2.15. The fourth-order valence-electron chi connectivity index (χ4n) is 5.09. The highest BCUT2D eigenvalue weighted by atomic mass is 19.1. The lowest BCUT2D eigenvalue weighted by Crippen LogP contribution is -2.17. The molecule has 1 saturated heterocycles. The van der Waals surface area contributed by atoms with Crippen molar-refractivity contribution in [2.45, 2.75) is 44.6 Å². The molecule has 1 aromatic carbocycles. The Morgan fingerprint density at radius 1 is 0.939 bits per heavy atom. The second kappa shape index (κ2) is 8.46. The molecule has 168 valence electrons. The number of nitrogens with zero attached hydrogens (tertiary/aromatic N) is 5. The van der Waals surface area contributed by atoms with Crippen molar-refractivity contribution in [1.29, 1.82) is 0 Å². The van der Waals surface area contributed by atoms with Gasteiger partial charge in [0.2, 0.25) is 5.95 Å². The molecule has 0 atom stereocenters. The molecule has 4 aromatic rings. The molecule has 1 aliphatic carbocycles. The Kier molecular flexibility index (Phi) is 5.17. The van der Waals surface area contributed by atoms with Crippen LogP contribution in [0, 0.1) is 5.82 Å². The maximum absolute atomic E-state index is 13.6. The number of anilines is 2. The molecule has 0 bridgehead atoms. The smallest absolute Gasteiger partial charge is 0.223 e. The number of nitrogens with one attached hydrogen (secondary N) is 1. The minimum atomic E-state index is -0.259. The minimum absolute atomic E-state index is 0.259. The highest BCUT2D eigenvalue weighted by Gasteiger charge is 2.21. The fourth-order valence-corrected chi connectivity index (χ4v) is 5.09. The van der Waals surface area contributed by atoms with Crippen molar-refractivity contribution < 1.29 is 4.39 Å². The van der Waals surface area contributed by atoms with Crippen LogP contribution in [0.25, 0.3) is 28.0 Å². The lowest BCUT2D eigenvalue weighted by atomic mass is 10.0. The van der Waals surface area contributed by atoms with Gasteiger partial charge in [-0.25, -0.2) is 18.9 Å². The molecule has 0 spiro atoms. The van der Waals surface area contributed by atoms with Crippen LogP contribution in [0.1, 0.15) is 38.5 Å². The van der Waals surface area contributed by atoms with Crippen LogP contribution < -0.4 is 10.2 Å². The number of hydrogen-bond acceptors (Lipinski definition) is 5. The second-order valence-electron chi connectivity index (χ2n) is 9.03. The number of hydrogen-bond donors (Lipinski definition) is 1. The van der Waals surface area contributed by atoms with E-state index in [0.717, 1.165) is 54.0 Å². The van der Waals surface area contributed by atoms with E-state index >= 15 is 0 Å². The van der Waals surface area contributed by atoms with Crippen molar-refractivity contribution in [3.8, 4) is 22.5 Å². The highest BCUT2D eigenvalue weighted by Crippen LogP contribution is 2.36. The van der Waals surface area contributed by atoms with E-state index in [1.54, 1.807) is 12.1 Å². The van der Waals surface area contributed by atoms with Gasteiger partial charge in [-0.2, -0.15) is 5.10 Å². The molecule has 33 heavy (non-hydrogen) atoms. The Labute approximate surface area is 192 Å². The van der Waals surface area contributed by atoms with Gasteiger partial charge in [0.1, 0.15) is 11.5 Å². The summed E-state index contributed by atoms with van der Waals surface area (Å²) in [5, 5.41) is 8.39. The normalized spacial score (nSPS) is 16.7. The first kappa shape index (κ1) is 20.1. The number of halogens is 1. The molecule has 3 aromatic heterocycles. The van der Waals surface area contributed by atoms with E-state index < -0.39 is 0 Å². The molecule has 0 radical (unpaired) electrons. The van der Waals surface area contributed by atoms with E-state index in [9.17, 15) is 4.39 Å². The lowest BCUT2D eigenvalue weighted by Gasteiger charge is -2.17. The summed E-state index contributed by atoms with van der Waals surface area (Å²) in [4.78, 5) is 11.8. The van der Waals surface area contributed by atoms with Crippen molar-refractivity contribution in [1.82, 2.24) is 19.6 Å². The molecular formula is C26H27FN6. The molecule has 0 unspecified atom stereocenters. The van der Waals surface area contributed by atoms with Gasteiger partial charge in [0.05, 0.1) is 16.8 Å². The van der Waals surface area contributed by atoms with Gasteiger partial charge in [-0.15, -0.1) is 0 Å². The first-order chi connectivity index (χ1) is 16.2. The first-order valence-corrected chi connectivity index (χ1v) is 11.9. The van der Waals surface area contributed by atoms with E-state index in [1.807, 2.05) is 23.0 Å². The van der Waals surface area contributed by atoms with Crippen LogP contribution in [0.5, 0.6) is 0 Å². The zero-order chi connectivity index (χ0) is 22.2. The highest BCUT2D eigenvalue weighted by molar-refractivity contribution is 5.92. The molecule has 7 heteroatoms. The molecule has 2 aliphatic rings. The lowest BCUT2D eigenvalue weighted by molar-refractivity contribution is 0.628. The van der Waals surface area contributed by atoms with Gasteiger partial charge in [0.25, 0.3) is 0 Å². The topological polar surface area (TPSA) is 58.4 Å². The Morgan fingerprint density at radius 2 is 1.73 bits per heavy atom. The van der Waals surface area contributed by atoms with Gasteiger partial charge >= 0.3 is 0 Å². The number of benzene rings is 1. The Hall–Kier alpha value is -3.48. The van der Waals surface area contributed by atoms with Crippen LogP contribution in [-0.4, -0.2) is 38.7 Å². The van der Waals surface area contributed by atoms with E-state index in [4.69, 9.17) is 10.1 Å². The van der Waals surface area contributed by atoms with E-state index in [0.29, 0.717) is 12.0 Å². The van der Waals surface area contributed by atoms with Gasteiger partial charge in [0.15, 0.2) is 0 Å². The maximum Gasteiger partial charge on any atom is 0.223 e. The summed E-state index contributed by atoms with van der Waals surface area (Å²) in [5.74, 6) is 0.393. The quantitative estimate of drug-likeness (QED) is 0.439. The van der Waals surface area contributed by atoms with Crippen LogP contribution in [-0.2, 0) is 0 Å². The Balaban J connectivity index is 1.49. The molecule has 6 rings (SSSR count). The third-order valence-corrected chi connectivity index (χ3v) is 6.81. The Morgan fingerprint density at radius 3 is 2.52 bits per heavy atom. The number of pyridine rings is 1. The predicted octanol–water partition coefficient (Wildman–Crippen LogP) is 5.55. The van der Waals surface area contributed by atoms with Gasteiger partial charge in [-0.05, 0) is 68.1 Å². The van der Waals surface area contributed by atoms with Crippen molar-refractivity contribution in [2.24, 2.45) is 0 Å². The van der Waals surface area contributed by atoms with Crippen LogP contribution in [0.4, 0.5) is 16.0 Å². The zero-order valence-electron chi connectivity index (χ0n) is 18.5. The van der Waals surface area contributed by atoms with E-state index in [-0.39, 0.29) is 5.82 Å². The number of fused-ring (bicyclic) bond motifs is 1. The number of rotatable bonds is 5. The number of aromatic nitrogens is 4. The van der Waals surface area contributed by atoms with Crippen molar-refractivity contribution >= 4 is 17.2 Å². The van der Waals surface area contributed by atoms with Crippen LogP contribution in [0.15, 0.2) is 54.9 Å². The zero-order valence-corrected chi connectivity index (χ0v) is 18.5. The minimum Gasteiger partial charge on any atom is -0.371 e. The Bertz CT molecular complexity index is 1270. The SMILES string of the molecule is Fc1ccc(-c2nn3ccc(N4CCCC4)cc3c2-c2ccnc(NC3CCCC3)n2)cc1. The molecule has 4 heterocycles. The molecule has 1 N–H and O–H groups in total. The van der Waals surface area contributed by atoms with Crippen LogP contribution >= 0.6 is 0 Å². The van der Waals surface area contributed by atoms with Crippen molar-refractivity contribution in [3.05, 3.63) is 60.7 Å². The molecule has 0 amide bonds. The molecule has 1 aliphatic heterocycles. The second-order valence-corrected chi connectivity index (χ2v) is 9.03. The summed E-state index contributed by atoms with van der Waals surface area (Å²) < 4.78 is 15.5. The van der Waals surface area contributed by atoms with Crippen molar-refractivity contribution in [3.63, 3.8) is 0 Å². The third-order valence-electron chi connectivity index (χ3n) is 6.81. The molecule has 2 fully saturated rings. The fraction of sp³-hybridized carbons (Fsp3) is 0.346. The van der Waals surface area contributed by atoms with Gasteiger partial charge < -0.3 is 10.2 Å².